The SMILES string of the molecule is Cc1ccnc(NC(=S)NC(=O)COc2ccccc2)c1. The quantitative estimate of drug-likeness (QED) is 0.848. The summed E-state index contributed by atoms with van der Waals surface area (Å²) < 4.78 is 5.32. The second kappa shape index (κ2) is 7.35. The first-order valence-electron chi connectivity index (χ1n) is 6.35. The molecule has 2 aromatic rings. The average molecular weight is 301 g/mol. The van der Waals surface area contributed by atoms with Gasteiger partial charge in [-0.15, -0.1) is 0 Å². The standard InChI is InChI=1S/C15H15N3O2S/c1-11-7-8-16-13(9-11)17-15(21)18-14(19)10-20-12-5-3-2-4-6-12/h2-9H,10H2,1H3,(H2,16,17,18,19,21). The summed E-state index contributed by atoms with van der Waals surface area (Å²) in [5.41, 5.74) is 1.05. The van der Waals surface area contributed by atoms with Crippen molar-refractivity contribution < 1.29 is 9.53 Å². The average Bonchev–Trinajstić information content (AvgIpc) is 2.46. The van der Waals surface area contributed by atoms with Crippen molar-refractivity contribution in [3.8, 4) is 5.75 Å². The van der Waals surface area contributed by atoms with Crippen molar-refractivity contribution in [1.82, 2.24) is 10.3 Å². The summed E-state index contributed by atoms with van der Waals surface area (Å²) in [7, 11) is 0. The maximum Gasteiger partial charge on any atom is 0.264 e. The van der Waals surface area contributed by atoms with Gasteiger partial charge in [0.1, 0.15) is 11.6 Å². The topological polar surface area (TPSA) is 63.2 Å². The van der Waals surface area contributed by atoms with E-state index < -0.39 is 0 Å². The van der Waals surface area contributed by atoms with Gasteiger partial charge in [0.2, 0.25) is 0 Å². The Hall–Kier alpha value is -2.47. The summed E-state index contributed by atoms with van der Waals surface area (Å²) in [5, 5.41) is 5.57. The molecule has 5 nitrogen and oxygen atoms in total. The fourth-order valence-corrected chi connectivity index (χ4v) is 1.80. The summed E-state index contributed by atoms with van der Waals surface area (Å²) in [6, 6.07) is 12.8. The van der Waals surface area contributed by atoms with Crippen molar-refractivity contribution in [2.24, 2.45) is 0 Å². The highest BCUT2D eigenvalue weighted by atomic mass is 32.1. The zero-order valence-electron chi connectivity index (χ0n) is 11.5. The number of nitrogens with one attached hydrogen (secondary N) is 2. The van der Waals surface area contributed by atoms with Gasteiger partial charge in [0.05, 0.1) is 0 Å². The molecule has 1 heterocycles. The van der Waals surface area contributed by atoms with Crippen LogP contribution in [0.4, 0.5) is 5.82 Å². The Morgan fingerprint density at radius 3 is 2.76 bits per heavy atom. The lowest BCUT2D eigenvalue weighted by Gasteiger charge is -2.10. The number of thiocarbonyl (C=S) groups is 1. The van der Waals surface area contributed by atoms with Crippen LogP contribution in [-0.2, 0) is 4.79 Å². The van der Waals surface area contributed by atoms with E-state index in [4.69, 9.17) is 17.0 Å². The lowest BCUT2D eigenvalue weighted by Crippen LogP contribution is -2.37. The third kappa shape index (κ3) is 5.19. The Morgan fingerprint density at radius 1 is 1.29 bits per heavy atom. The molecule has 2 N–H and O–H groups in total. The van der Waals surface area contributed by atoms with Gasteiger partial charge in [0.25, 0.3) is 5.91 Å². The first kappa shape index (κ1) is 14.9. The summed E-state index contributed by atoms with van der Waals surface area (Å²) >= 11 is 5.05. The van der Waals surface area contributed by atoms with Gasteiger partial charge in [-0.1, -0.05) is 18.2 Å². The molecule has 0 spiro atoms. The van der Waals surface area contributed by atoms with Crippen LogP contribution < -0.4 is 15.4 Å². The van der Waals surface area contributed by atoms with Gasteiger partial charge >= 0.3 is 0 Å². The van der Waals surface area contributed by atoms with Crippen molar-refractivity contribution in [1.29, 1.82) is 0 Å². The number of aromatic nitrogens is 1. The minimum absolute atomic E-state index is 0.104. The Balaban J connectivity index is 1.78. The van der Waals surface area contributed by atoms with Gasteiger partial charge < -0.3 is 10.1 Å². The van der Waals surface area contributed by atoms with E-state index >= 15 is 0 Å². The van der Waals surface area contributed by atoms with Crippen LogP contribution in [-0.4, -0.2) is 22.6 Å². The van der Waals surface area contributed by atoms with Gasteiger partial charge in [0.15, 0.2) is 11.7 Å². The lowest BCUT2D eigenvalue weighted by atomic mass is 10.3. The molecule has 1 aromatic carbocycles. The fourth-order valence-electron chi connectivity index (χ4n) is 1.58. The fraction of sp³-hybridized carbons (Fsp3) is 0.133. The highest BCUT2D eigenvalue weighted by molar-refractivity contribution is 7.80. The molecule has 0 saturated heterocycles. The maximum atomic E-state index is 11.7. The summed E-state index contributed by atoms with van der Waals surface area (Å²) in [4.78, 5) is 15.8. The van der Waals surface area contributed by atoms with Gasteiger partial charge in [0, 0.05) is 6.20 Å². The Labute approximate surface area is 128 Å². The van der Waals surface area contributed by atoms with Gasteiger partial charge in [-0.3, -0.25) is 10.1 Å². The van der Waals surface area contributed by atoms with Crippen molar-refractivity contribution in [3.05, 3.63) is 54.2 Å². The van der Waals surface area contributed by atoms with Crippen LogP contribution in [0.1, 0.15) is 5.56 Å². The van der Waals surface area contributed by atoms with E-state index in [1.165, 1.54) is 0 Å². The second-order valence-corrected chi connectivity index (χ2v) is 4.73. The van der Waals surface area contributed by atoms with Crippen molar-refractivity contribution in [2.75, 3.05) is 11.9 Å². The smallest absolute Gasteiger partial charge is 0.264 e. The molecule has 0 fully saturated rings. The first-order valence-corrected chi connectivity index (χ1v) is 6.75. The highest BCUT2D eigenvalue weighted by Crippen LogP contribution is 2.07. The van der Waals surface area contributed by atoms with E-state index in [9.17, 15) is 4.79 Å². The van der Waals surface area contributed by atoms with Crippen LogP contribution in [0.5, 0.6) is 5.75 Å². The number of carbonyl (C=O) groups excluding carboxylic acids is 1. The van der Waals surface area contributed by atoms with Crippen LogP contribution in [0.3, 0.4) is 0 Å². The van der Waals surface area contributed by atoms with Crippen molar-refractivity contribution >= 4 is 29.1 Å². The second-order valence-electron chi connectivity index (χ2n) is 4.32. The van der Waals surface area contributed by atoms with E-state index in [0.29, 0.717) is 11.6 Å². The number of ether oxygens (including phenoxy) is 1. The Bertz CT molecular complexity index is 632. The zero-order valence-corrected chi connectivity index (χ0v) is 12.3. The van der Waals surface area contributed by atoms with Crippen LogP contribution in [0.2, 0.25) is 0 Å². The highest BCUT2D eigenvalue weighted by Gasteiger charge is 2.06. The minimum Gasteiger partial charge on any atom is -0.484 e. The molecule has 108 valence electrons. The van der Waals surface area contributed by atoms with E-state index in [1.54, 1.807) is 18.3 Å². The van der Waals surface area contributed by atoms with Gasteiger partial charge in [-0.05, 0) is 49.0 Å². The van der Waals surface area contributed by atoms with E-state index in [2.05, 4.69) is 15.6 Å². The number of para-hydroxylation sites is 1. The third-order valence-corrected chi connectivity index (χ3v) is 2.73. The number of nitrogens with zero attached hydrogens (tertiary/aromatic N) is 1. The van der Waals surface area contributed by atoms with E-state index in [1.807, 2.05) is 37.3 Å². The van der Waals surface area contributed by atoms with Crippen LogP contribution in [0, 0.1) is 6.92 Å². The molecule has 0 saturated carbocycles. The van der Waals surface area contributed by atoms with Gasteiger partial charge in [-0.2, -0.15) is 0 Å². The molecule has 0 aliphatic carbocycles. The molecule has 0 unspecified atom stereocenters. The number of benzene rings is 1. The molecule has 0 bridgehead atoms. The first-order chi connectivity index (χ1) is 10.1. The molecule has 0 radical (unpaired) electrons. The molecule has 2 rings (SSSR count). The molecule has 1 aromatic heterocycles. The largest absolute Gasteiger partial charge is 0.484 e. The molecular weight excluding hydrogens is 286 g/mol. The molecule has 1 amide bonds. The molecule has 0 aliphatic rings. The molecule has 6 heteroatoms. The summed E-state index contributed by atoms with van der Waals surface area (Å²) in [6.45, 7) is 1.84. The predicted octanol–water partition coefficient (Wildman–Crippen LogP) is 2.28. The molecule has 0 aliphatic heterocycles. The number of pyridine rings is 1. The summed E-state index contributed by atoms with van der Waals surface area (Å²) in [6.07, 6.45) is 1.67. The van der Waals surface area contributed by atoms with Crippen molar-refractivity contribution in [2.45, 2.75) is 6.92 Å². The predicted molar refractivity (Wildman–Crippen MR) is 85.3 cm³/mol. The molecule has 0 atom stereocenters. The van der Waals surface area contributed by atoms with Gasteiger partial charge in [-0.25, -0.2) is 4.98 Å². The van der Waals surface area contributed by atoms with Crippen LogP contribution >= 0.6 is 12.2 Å². The number of amides is 1. The normalized spacial score (nSPS) is 9.76. The van der Waals surface area contributed by atoms with E-state index in [-0.39, 0.29) is 17.6 Å². The monoisotopic (exact) mass is 301 g/mol. The zero-order chi connectivity index (χ0) is 15.1. The number of hydrogen-bond donors (Lipinski definition) is 2. The lowest BCUT2D eigenvalue weighted by molar-refractivity contribution is -0.121. The van der Waals surface area contributed by atoms with Crippen LogP contribution in [0.15, 0.2) is 48.7 Å². The van der Waals surface area contributed by atoms with Crippen molar-refractivity contribution in [3.63, 3.8) is 0 Å². The Morgan fingerprint density at radius 2 is 2.05 bits per heavy atom. The molecule has 21 heavy (non-hydrogen) atoms. The molecular formula is C15H15N3O2S. The third-order valence-electron chi connectivity index (χ3n) is 2.52. The number of hydrogen-bond acceptors (Lipinski definition) is 4. The Kier molecular flexibility index (Phi) is 5.22. The minimum atomic E-state index is -0.330. The van der Waals surface area contributed by atoms with E-state index in [0.717, 1.165) is 5.56 Å². The number of rotatable bonds is 4. The number of aryl methyl sites for hydroxylation is 1. The number of anilines is 1. The summed E-state index contributed by atoms with van der Waals surface area (Å²) in [5.74, 6) is 0.889. The maximum absolute atomic E-state index is 11.7. The number of carbonyl (C=O) groups is 1. The van der Waals surface area contributed by atoms with Crippen LogP contribution in [0.25, 0.3) is 0 Å².